The minimum Gasteiger partial charge on any atom is -0.393 e. The van der Waals surface area contributed by atoms with E-state index in [2.05, 4.69) is 60.4 Å². The van der Waals surface area contributed by atoms with Crippen molar-refractivity contribution in [2.45, 2.75) is 36.8 Å². The van der Waals surface area contributed by atoms with Crippen molar-refractivity contribution in [1.29, 1.82) is 0 Å². The van der Waals surface area contributed by atoms with Gasteiger partial charge < -0.3 is 10.4 Å². The molecule has 0 heterocycles. The Morgan fingerprint density at radius 3 is 2.48 bits per heavy atom. The van der Waals surface area contributed by atoms with Crippen LogP contribution in [0.1, 0.15) is 23.1 Å². The van der Waals surface area contributed by atoms with Gasteiger partial charge in [0.1, 0.15) is 0 Å². The highest BCUT2D eigenvalue weighted by molar-refractivity contribution is 7.80. The lowest BCUT2D eigenvalue weighted by Gasteiger charge is -2.16. The van der Waals surface area contributed by atoms with Gasteiger partial charge in [-0.25, -0.2) is 0 Å². The van der Waals surface area contributed by atoms with Crippen LogP contribution in [0.5, 0.6) is 0 Å². The molecule has 2 nitrogen and oxygen atoms in total. The van der Waals surface area contributed by atoms with Crippen molar-refractivity contribution in [3.63, 3.8) is 0 Å². The summed E-state index contributed by atoms with van der Waals surface area (Å²) in [7, 11) is 1.96. The van der Waals surface area contributed by atoms with E-state index >= 15 is 0 Å². The van der Waals surface area contributed by atoms with Crippen molar-refractivity contribution < 1.29 is 5.11 Å². The number of hydrogen-bond acceptors (Lipinski definition) is 3. The van der Waals surface area contributed by atoms with Crippen LogP contribution in [-0.2, 0) is 19.4 Å². The molecule has 0 spiro atoms. The molecule has 3 aromatic rings. The Balaban J connectivity index is 1.72. The number of aliphatic hydroxyl groups is 1. The zero-order valence-electron chi connectivity index (χ0n) is 14.6. The van der Waals surface area contributed by atoms with Crippen LogP contribution in [0.3, 0.4) is 0 Å². The summed E-state index contributed by atoms with van der Waals surface area (Å²) < 4.78 is 0. The third kappa shape index (κ3) is 4.43. The molecule has 0 amide bonds. The first kappa shape index (κ1) is 18.0. The van der Waals surface area contributed by atoms with Gasteiger partial charge in [-0.1, -0.05) is 54.6 Å². The largest absolute Gasteiger partial charge is 0.393 e. The predicted octanol–water partition coefficient (Wildman–Crippen LogP) is 4.38. The highest BCUT2D eigenvalue weighted by Gasteiger charge is 2.12. The van der Waals surface area contributed by atoms with Crippen molar-refractivity contribution in [3.05, 3.63) is 77.4 Å². The summed E-state index contributed by atoms with van der Waals surface area (Å²) in [6.07, 6.45) is 1.89. The minimum atomic E-state index is -0.376. The van der Waals surface area contributed by atoms with Gasteiger partial charge in [0.15, 0.2) is 0 Å². The van der Waals surface area contributed by atoms with Crippen LogP contribution >= 0.6 is 12.6 Å². The van der Waals surface area contributed by atoms with E-state index in [-0.39, 0.29) is 6.10 Å². The Morgan fingerprint density at radius 1 is 0.960 bits per heavy atom. The molecule has 0 aliphatic rings. The summed E-state index contributed by atoms with van der Waals surface area (Å²) in [5, 5.41) is 16.2. The summed E-state index contributed by atoms with van der Waals surface area (Å²) in [4.78, 5) is 0.952. The average molecular weight is 352 g/mol. The monoisotopic (exact) mass is 351 g/mol. The molecule has 0 aromatic heterocycles. The van der Waals surface area contributed by atoms with Gasteiger partial charge in [0, 0.05) is 17.9 Å². The summed E-state index contributed by atoms with van der Waals surface area (Å²) in [5.74, 6) is 0. The fraction of sp³-hybridized carbons (Fsp3) is 0.273. The first-order valence-electron chi connectivity index (χ1n) is 8.78. The van der Waals surface area contributed by atoms with E-state index < -0.39 is 0 Å². The number of nitrogens with one attached hydrogen (secondary N) is 1. The summed E-state index contributed by atoms with van der Waals surface area (Å²) in [6.45, 7) is 0.858. The van der Waals surface area contributed by atoms with E-state index in [4.69, 9.17) is 0 Å². The first-order chi connectivity index (χ1) is 12.2. The third-order valence-corrected chi connectivity index (χ3v) is 5.11. The smallest absolute Gasteiger partial charge is 0.0584 e. The van der Waals surface area contributed by atoms with Gasteiger partial charge in [-0.2, -0.15) is 0 Å². The Labute approximate surface area is 155 Å². The molecule has 0 radical (unpaired) electrons. The van der Waals surface area contributed by atoms with Gasteiger partial charge in [-0.05, 0) is 53.4 Å². The molecule has 1 atom stereocenters. The van der Waals surface area contributed by atoms with Gasteiger partial charge in [-0.15, -0.1) is 12.6 Å². The zero-order valence-corrected chi connectivity index (χ0v) is 15.5. The summed E-state index contributed by atoms with van der Waals surface area (Å²) in [6, 6.07) is 20.8. The van der Waals surface area contributed by atoms with E-state index in [0.717, 1.165) is 29.8 Å². The Hall–Kier alpha value is -1.81. The van der Waals surface area contributed by atoms with Crippen molar-refractivity contribution in [1.82, 2.24) is 5.32 Å². The Bertz CT molecular complexity index is 846. The molecule has 0 aliphatic carbocycles. The minimum absolute atomic E-state index is 0.376. The lowest BCUT2D eigenvalue weighted by molar-refractivity contribution is 0.165. The van der Waals surface area contributed by atoms with Crippen LogP contribution in [0.15, 0.2) is 65.6 Å². The number of benzene rings is 3. The van der Waals surface area contributed by atoms with Gasteiger partial charge in [0.2, 0.25) is 0 Å². The Kier molecular flexibility index (Phi) is 6.14. The first-order valence-corrected chi connectivity index (χ1v) is 9.23. The SMILES string of the molecule is CNCc1ccccc1CCC(O)Cc1c(S)ccc2ccccc12. The fourth-order valence-electron chi connectivity index (χ4n) is 3.36. The topological polar surface area (TPSA) is 32.3 Å². The number of thiol groups is 1. The number of hydrogen-bond donors (Lipinski definition) is 3. The van der Waals surface area contributed by atoms with Gasteiger partial charge in [-0.3, -0.25) is 0 Å². The normalized spacial score (nSPS) is 12.4. The molecule has 0 saturated carbocycles. The standard InChI is InChI=1S/C22H25NOS/c1-23-15-18-8-3-2-6-16(18)10-12-19(24)14-21-20-9-5-4-7-17(20)11-13-22(21)25/h2-9,11,13,19,23-25H,10,12,14-15H2,1H3. The van der Waals surface area contributed by atoms with Crippen molar-refractivity contribution in [2.75, 3.05) is 7.05 Å². The van der Waals surface area contributed by atoms with Crippen molar-refractivity contribution >= 4 is 23.4 Å². The predicted molar refractivity (Wildman–Crippen MR) is 108 cm³/mol. The van der Waals surface area contributed by atoms with Crippen LogP contribution in [-0.4, -0.2) is 18.3 Å². The molecule has 3 heteroatoms. The summed E-state index contributed by atoms with van der Waals surface area (Å²) >= 11 is 4.61. The maximum atomic E-state index is 10.6. The molecule has 0 fully saturated rings. The van der Waals surface area contributed by atoms with E-state index in [9.17, 15) is 5.11 Å². The maximum absolute atomic E-state index is 10.6. The van der Waals surface area contributed by atoms with Crippen molar-refractivity contribution in [3.8, 4) is 0 Å². The highest BCUT2D eigenvalue weighted by Crippen LogP contribution is 2.27. The molecule has 0 saturated heterocycles. The molecule has 130 valence electrons. The van der Waals surface area contributed by atoms with Crippen LogP contribution < -0.4 is 5.32 Å². The summed E-state index contributed by atoms with van der Waals surface area (Å²) in [5.41, 5.74) is 3.75. The molecule has 0 aliphatic heterocycles. The van der Waals surface area contributed by atoms with Crippen LogP contribution in [0, 0.1) is 0 Å². The molecule has 1 unspecified atom stereocenters. The number of rotatable bonds is 7. The molecule has 3 rings (SSSR count). The molecular weight excluding hydrogens is 326 g/mol. The van der Waals surface area contributed by atoms with Crippen LogP contribution in [0.4, 0.5) is 0 Å². The second kappa shape index (κ2) is 8.52. The quantitative estimate of drug-likeness (QED) is 0.552. The molecular formula is C22H25NOS. The van der Waals surface area contributed by atoms with Crippen molar-refractivity contribution in [2.24, 2.45) is 0 Å². The van der Waals surface area contributed by atoms with Gasteiger partial charge in [0.05, 0.1) is 6.10 Å². The Morgan fingerprint density at radius 2 is 1.68 bits per heavy atom. The van der Waals surface area contributed by atoms with Gasteiger partial charge in [0.25, 0.3) is 0 Å². The van der Waals surface area contributed by atoms with E-state index in [1.165, 1.54) is 21.9 Å². The second-order valence-corrected chi connectivity index (χ2v) is 6.96. The maximum Gasteiger partial charge on any atom is 0.0584 e. The fourth-order valence-corrected chi connectivity index (χ4v) is 3.65. The number of aliphatic hydroxyl groups excluding tert-OH is 1. The molecule has 25 heavy (non-hydrogen) atoms. The van der Waals surface area contributed by atoms with E-state index in [1.807, 2.05) is 25.2 Å². The van der Waals surface area contributed by atoms with Gasteiger partial charge >= 0.3 is 0 Å². The lowest BCUT2D eigenvalue weighted by atomic mass is 9.95. The second-order valence-electron chi connectivity index (χ2n) is 6.48. The zero-order chi connectivity index (χ0) is 17.6. The van der Waals surface area contributed by atoms with E-state index in [0.29, 0.717) is 6.42 Å². The van der Waals surface area contributed by atoms with Crippen LogP contribution in [0.2, 0.25) is 0 Å². The molecule has 2 N–H and O–H groups in total. The molecule has 3 aromatic carbocycles. The third-order valence-electron chi connectivity index (χ3n) is 4.69. The lowest BCUT2D eigenvalue weighted by Crippen LogP contribution is -2.14. The van der Waals surface area contributed by atoms with Crippen LogP contribution in [0.25, 0.3) is 10.8 Å². The van der Waals surface area contributed by atoms with E-state index in [1.54, 1.807) is 0 Å². The number of fused-ring (bicyclic) bond motifs is 1. The highest BCUT2D eigenvalue weighted by atomic mass is 32.1. The molecule has 0 bridgehead atoms. The average Bonchev–Trinajstić information content (AvgIpc) is 2.64. The number of aryl methyl sites for hydroxylation is 1.